The van der Waals surface area contributed by atoms with Crippen LogP contribution >= 0.6 is 0 Å². The number of hydrogen-bond acceptors (Lipinski definition) is 0. The largest absolute Gasteiger partial charge is 1.00 e. The molecule has 0 unspecified atom stereocenters. The van der Waals surface area contributed by atoms with Crippen LogP contribution in [-0.2, 0) is 0 Å². The summed E-state index contributed by atoms with van der Waals surface area (Å²) >= 11 is 0. The first-order valence-electron chi connectivity index (χ1n) is 5.12. The van der Waals surface area contributed by atoms with Gasteiger partial charge in [-0.3, -0.25) is 0 Å². The predicted molar refractivity (Wildman–Crippen MR) is 72.2 cm³/mol. The molecule has 0 amide bonds. The van der Waals surface area contributed by atoms with Gasteiger partial charge in [0.05, 0.1) is 0 Å². The van der Waals surface area contributed by atoms with E-state index in [-0.39, 0.29) is 29.6 Å². The minimum atomic E-state index is -1.68. The molecule has 14 heavy (non-hydrogen) atoms. The van der Waals surface area contributed by atoms with Gasteiger partial charge in [0, 0.05) is 16.1 Å². The van der Waals surface area contributed by atoms with E-state index in [2.05, 4.69) is 52.4 Å². The van der Waals surface area contributed by atoms with Gasteiger partial charge in [-0.25, -0.2) is 0 Å². The summed E-state index contributed by atoms with van der Waals surface area (Å²) in [6, 6.07) is 0. The van der Waals surface area contributed by atoms with Crippen molar-refractivity contribution in [3.63, 3.8) is 0 Å². The predicted octanol–water partition coefficient (Wildman–Crippen LogP) is 1.37. The van der Waals surface area contributed by atoms with E-state index in [1.807, 2.05) is 0 Å². The van der Waals surface area contributed by atoms with Crippen molar-refractivity contribution < 1.29 is 29.6 Å². The zero-order valence-corrected chi connectivity index (χ0v) is 16.6. The molecule has 0 aliphatic carbocycles. The SMILES string of the molecule is C[Si](C)(C)C([Si](C)(C)C)[Si](C)(C)[NH-].[Na+]. The quantitative estimate of drug-likeness (QED) is 0.681. The monoisotopic (exact) mass is 255 g/mol. The van der Waals surface area contributed by atoms with Gasteiger partial charge in [0.1, 0.15) is 0 Å². The maximum Gasteiger partial charge on any atom is 1.00 e. The van der Waals surface area contributed by atoms with Gasteiger partial charge in [-0.2, -0.15) is 0 Å². The van der Waals surface area contributed by atoms with Crippen LogP contribution in [0.4, 0.5) is 0 Å². The summed E-state index contributed by atoms with van der Waals surface area (Å²) in [6.07, 6.45) is 0. The van der Waals surface area contributed by atoms with Crippen LogP contribution in [-0.4, -0.2) is 24.4 Å². The minimum Gasteiger partial charge on any atom is -0.680 e. The summed E-state index contributed by atoms with van der Waals surface area (Å²) in [6.45, 7) is 19.1. The zero-order valence-electron chi connectivity index (χ0n) is 11.6. The summed E-state index contributed by atoms with van der Waals surface area (Å²) < 4.78 is 0. The Kier molecular flexibility index (Phi) is 6.80. The third kappa shape index (κ3) is 5.63. The Labute approximate surface area is 116 Å². The molecule has 0 saturated heterocycles. The smallest absolute Gasteiger partial charge is 0.680 e. The van der Waals surface area contributed by atoms with Crippen LogP contribution in [0.2, 0.25) is 57.2 Å². The van der Waals surface area contributed by atoms with E-state index in [4.69, 9.17) is 5.40 Å². The second kappa shape index (κ2) is 5.29. The Balaban J connectivity index is 0. The molecular formula is C9H26NNaSi3. The van der Waals surface area contributed by atoms with Gasteiger partial charge < -0.3 is 5.40 Å². The Morgan fingerprint density at radius 1 is 0.714 bits per heavy atom. The van der Waals surface area contributed by atoms with Crippen molar-refractivity contribution >= 4 is 24.4 Å². The maximum absolute atomic E-state index is 8.41. The van der Waals surface area contributed by atoms with Gasteiger partial charge in [0.15, 0.2) is 0 Å². The third-order valence-corrected chi connectivity index (χ3v) is 22.1. The maximum atomic E-state index is 8.41. The molecule has 80 valence electrons. The standard InChI is InChI=1S/C9H26NSi3.Na/c1-11(2,3)9(12(4,5)6)13(7,8)10;/h9-10H,1-8H3;/q-1;+1. The summed E-state index contributed by atoms with van der Waals surface area (Å²) in [4.78, 5) is 0.812. The van der Waals surface area contributed by atoms with Crippen molar-refractivity contribution in [1.29, 1.82) is 0 Å². The molecule has 0 aliphatic rings. The molecule has 0 bridgehead atoms. The second-order valence-electron chi connectivity index (χ2n) is 6.89. The third-order valence-electron chi connectivity index (χ3n) is 2.45. The average Bonchev–Trinajstić information content (AvgIpc) is 1.44. The molecule has 1 N–H and O–H groups in total. The summed E-state index contributed by atoms with van der Waals surface area (Å²) in [7, 11) is -3.93. The van der Waals surface area contributed by atoms with E-state index in [0.717, 1.165) is 4.79 Å². The van der Waals surface area contributed by atoms with E-state index < -0.39 is 24.4 Å². The molecule has 1 nitrogen and oxygen atoms in total. The van der Waals surface area contributed by atoms with Crippen LogP contribution in [0, 0.1) is 0 Å². The van der Waals surface area contributed by atoms with Crippen molar-refractivity contribution in [2.75, 3.05) is 0 Å². The molecule has 0 aromatic heterocycles. The summed E-state index contributed by atoms with van der Waals surface area (Å²) in [5.41, 5.74) is 0. The Bertz CT molecular complexity index is 143. The van der Waals surface area contributed by atoms with Crippen molar-refractivity contribution in [3.05, 3.63) is 5.40 Å². The van der Waals surface area contributed by atoms with Gasteiger partial charge in [-0.15, -0.1) is 0 Å². The molecule has 5 heteroatoms. The van der Waals surface area contributed by atoms with E-state index in [1.54, 1.807) is 0 Å². The number of hydrogen-bond donors (Lipinski definition) is 0. The van der Waals surface area contributed by atoms with Gasteiger partial charge in [-0.05, 0) is 0 Å². The number of rotatable bonds is 3. The molecule has 0 fully saturated rings. The normalized spacial score (nSPS) is 14.1. The van der Waals surface area contributed by atoms with E-state index in [0.29, 0.717) is 0 Å². The van der Waals surface area contributed by atoms with E-state index in [9.17, 15) is 0 Å². The van der Waals surface area contributed by atoms with Crippen LogP contribution in [0.15, 0.2) is 0 Å². The Morgan fingerprint density at radius 3 is 0.929 bits per heavy atom. The van der Waals surface area contributed by atoms with Crippen LogP contribution in [0.25, 0.3) is 5.40 Å². The average molecular weight is 256 g/mol. The fourth-order valence-electron chi connectivity index (χ4n) is 3.46. The molecule has 0 spiro atoms. The van der Waals surface area contributed by atoms with Gasteiger partial charge in [0.2, 0.25) is 0 Å². The van der Waals surface area contributed by atoms with E-state index >= 15 is 0 Å². The molecule has 0 saturated carbocycles. The van der Waals surface area contributed by atoms with Crippen LogP contribution in [0.1, 0.15) is 0 Å². The molecule has 0 aromatic rings. The molecule has 0 heterocycles. The molecule has 0 aromatic carbocycles. The van der Waals surface area contributed by atoms with E-state index in [1.165, 1.54) is 0 Å². The van der Waals surface area contributed by atoms with Crippen LogP contribution < -0.4 is 29.6 Å². The van der Waals surface area contributed by atoms with Crippen molar-refractivity contribution in [3.8, 4) is 0 Å². The fourth-order valence-corrected chi connectivity index (χ4v) is 31.2. The zero-order chi connectivity index (χ0) is 11.1. The first-order chi connectivity index (χ1) is 5.37. The van der Waals surface area contributed by atoms with Crippen molar-refractivity contribution in [2.24, 2.45) is 0 Å². The Hall–Kier alpha value is 1.61. The molecule has 0 radical (unpaired) electrons. The van der Waals surface area contributed by atoms with Gasteiger partial charge in [0.25, 0.3) is 0 Å². The Morgan fingerprint density at radius 2 is 0.929 bits per heavy atom. The fraction of sp³-hybridized carbons (Fsp3) is 1.00. The van der Waals surface area contributed by atoms with Crippen LogP contribution in [0.5, 0.6) is 0 Å². The van der Waals surface area contributed by atoms with Gasteiger partial charge in [-0.1, -0.05) is 65.4 Å². The van der Waals surface area contributed by atoms with Crippen LogP contribution in [0.3, 0.4) is 0 Å². The second-order valence-corrected chi connectivity index (χ2v) is 23.3. The molecule has 0 atom stereocenters. The first kappa shape index (κ1) is 18.0. The molecular weight excluding hydrogens is 229 g/mol. The number of nitrogens with one attached hydrogen (secondary N) is 1. The van der Waals surface area contributed by atoms with Crippen molar-refractivity contribution in [1.82, 2.24) is 0 Å². The molecule has 0 rings (SSSR count). The minimum absolute atomic E-state index is 0. The van der Waals surface area contributed by atoms with Gasteiger partial charge >= 0.3 is 29.6 Å². The van der Waals surface area contributed by atoms with Crippen molar-refractivity contribution in [2.45, 2.75) is 57.2 Å². The summed E-state index contributed by atoms with van der Waals surface area (Å²) in [5.74, 6) is 0. The molecule has 0 aliphatic heterocycles. The topological polar surface area (TPSA) is 23.8 Å². The first-order valence-corrected chi connectivity index (χ1v) is 15.3. The summed E-state index contributed by atoms with van der Waals surface area (Å²) in [5, 5.41) is 8.41.